The van der Waals surface area contributed by atoms with Gasteiger partial charge in [-0.15, -0.1) is 0 Å². The van der Waals surface area contributed by atoms with Crippen LogP contribution in [0.5, 0.6) is 17.2 Å². The summed E-state index contributed by atoms with van der Waals surface area (Å²) < 4.78 is 35.5. The Morgan fingerprint density at radius 1 is 0.561 bits per heavy atom. The van der Waals surface area contributed by atoms with E-state index >= 15 is 0 Å². The summed E-state index contributed by atoms with van der Waals surface area (Å²) in [6.45, 7) is 9.81. The van der Waals surface area contributed by atoms with E-state index in [4.69, 9.17) is 28.4 Å². The molecule has 0 N–H and O–H groups in total. The number of ether oxygens (including phenoxy) is 6. The molecule has 0 aliphatic rings. The van der Waals surface area contributed by atoms with Crippen LogP contribution in [0.2, 0.25) is 0 Å². The molecule has 0 saturated carbocycles. The number of benzene rings is 3. The minimum absolute atomic E-state index is 0.192. The summed E-state index contributed by atoms with van der Waals surface area (Å²) in [6, 6.07) is 21.1. The van der Waals surface area contributed by atoms with E-state index in [2.05, 4.69) is 20.4 Å². The largest absolute Gasteiger partial charge is 0.490 e. The highest BCUT2D eigenvalue weighted by molar-refractivity contribution is 5.94. The molecule has 0 amide bonds. The van der Waals surface area contributed by atoms with Gasteiger partial charge in [0, 0.05) is 18.4 Å². The van der Waals surface area contributed by atoms with Gasteiger partial charge >= 0.3 is 17.9 Å². The van der Waals surface area contributed by atoms with Crippen molar-refractivity contribution in [1.29, 1.82) is 0 Å². The predicted molar refractivity (Wildman–Crippen MR) is 225 cm³/mol. The van der Waals surface area contributed by atoms with E-state index in [-0.39, 0.29) is 25.2 Å². The van der Waals surface area contributed by atoms with E-state index in [9.17, 15) is 14.4 Å². The zero-order valence-electron chi connectivity index (χ0n) is 34.6. The van der Waals surface area contributed by atoms with Gasteiger partial charge in [0.1, 0.15) is 13.2 Å². The van der Waals surface area contributed by atoms with Crippen LogP contribution in [-0.2, 0) is 43.4 Å². The maximum Gasteiger partial charge on any atom is 0.343 e. The third-order valence-corrected chi connectivity index (χ3v) is 9.53. The van der Waals surface area contributed by atoms with Gasteiger partial charge in [0.15, 0.2) is 11.5 Å². The molecular weight excluding hydrogens is 721 g/mol. The second-order valence-electron chi connectivity index (χ2n) is 14.3. The summed E-state index contributed by atoms with van der Waals surface area (Å²) in [7, 11) is 0. The quantitative estimate of drug-likeness (QED) is 0.0264. The molecule has 3 aromatic rings. The van der Waals surface area contributed by atoms with E-state index < -0.39 is 5.97 Å². The first-order valence-corrected chi connectivity index (χ1v) is 21.3. The molecule has 0 fully saturated rings. The van der Waals surface area contributed by atoms with Gasteiger partial charge in [-0.2, -0.15) is 0 Å². The first kappa shape index (κ1) is 46.6. The summed E-state index contributed by atoms with van der Waals surface area (Å²) >= 11 is 0. The Labute approximate surface area is 341 Å². The molecule has 9 nitrogen and oxygen atoms in total. The van der Waals surface area contributed by atoms with Crippen LogP contribution in [0.4, 0.5) is 0 Å². The van der Waals surface area contributed by atoms with Crippen molar-refractivity contribution in [1.82, 2.24) is 0 Å². The van der Waals surface area contributed by atoms with Gasteiger partial charge < -0.3 is 28.4 Å². The van der Waals surface area contributed by atoms with Gasteiger partial charge in [0.25, 0.3) is 0 Å². The number of unbranched alkanes of at least 4 members (excludes halogenated alkanes) is 11. The Morgan fingerprint density at radius 3 is 1.54 bits per heavy atom. The predicted octanol–water partition coefficient (Wildman–Crippen LogP) is 11.8. The van der Waals surface area contributed by atoms with Crippen molar-refractivity contribution in [3.63, 3.8) is 0 Å². The molecule has 0 radical (unpaired) electrons. The SMILES string of the molecule is C=COC(=O)c1cc(OCCCCCCC(=O)OCc2ccccc2)c(OCCCCCCC)c(OCCCCCCC(=O)OCc2ccccc2)c1CCCC. The molecular formula is C48H66O9. The monoisotopic (exact) mass is 786 g/mol. The highest BCUT2D eigenvalue weighted by atomic mass is 16.5. The van der Waals surface area contributed by atoms with Crippen LogP contribution < -0.4 is 14.2 Å². The van der Waals surface area contributed by atoms with Crippen molar-refractivity contribution in [2.24, 2.45) is 0 Å². The molecule has 57 heavy (non-hydrogen) atoms. The van der Waals surface area contributed by atoms with E-state index in [1.807, 2.05) is 60.7 Å². The highest BCUT2D eigenvalue weighted by Gasteiger charge is 2.26. The van der Waals surface area contributed by atoms with Gasteiger partial charge in [0.2, 0.25) is 5.75 Å². The van der Waals surface area contributed by atoms with Crippen LogP contribution in [0.1, 0.15) is 150 Å². The molecule has 3 rings (SSSR count). The second-order valence-corrected chi connectivity index (χ2v) is 14.3. The van der Waals surface area contributed by atoms with E-state index in [1.54, 1.807) is 6.07 Å². The van der Waals surface area contributed by atoms with Gasteiger partial charge in [0.05, 0.1) is 31.6 Å². The lowest BCUT2D eigenvalue weighted by Crippen LogP contribution is -2.13. The fraction of sp³-hybridized carbons (Fsp3) is 0.521. The maximum atomic E-state index is 13.3. The molecule has 3 aromatic carbocycles. The lowest BCUT2D eigenvalue weighted by molar-refractivity contribution is -0.146. The van der Waals surface area contributed by atoms with Crippen LogP contribution in [0.15, 0.2) is 79.6 Å². The van der Waals surface area contributed by atoms with Crippen molar-refractivity contribution < 1.29 is 42.8 Å². The molecule has 312 valence electrons. The molecule has 0 aromatic heterocycles. The molecule has 0 heterocycles. The molecule has 0 bridgehead atoms. The molecule has 9 heteroatoms. The summed E-state index contributed by atoms with van der Waals surface area (Å²) in [4.78, 5) is 37.9. The fourth-order valence-electron chi connectivity index (χ4n) is 6.28. The zero-order chi connectivity index (χ0) is 40.8. The Bertz CT molecular complexity index is 1570. The Kier molecular flexibility index (Phi) is 24.1. The van der Waals surface area contributed by atoms with E-state index in [1.165, 1.54) is 6.42 Å². The normalized spacial score (nSPS) is 10.8. The first-order valence-electron chi connectivity index (χ1n) is 21.3. The van der Waals surface area contributed by atoms with Crippen molar-refractivity contribution in [2.45, 2.75) is 143 Å². The number of carbonyl (C=O) groups is 3. The third-order valence-electron chi connectivity index (χ3n) is 9.53. The standard InChI is InChI=1S/C48H66O9/c1-4-7-9-12-24-35-55-47-43(53-33-23-13-10-21-31-44(49)56-37-39-26-17-15-18-27-39)36-42(48(51)52-6-3)41(30-8-5-2)46(47)54-34-25-14-11-22-32-45(50)57-38-40-28-19-16-20-29-40/h6,15-20,26-29,36H,3-5,7-14,21-25,30-35,37-38H2,1-2H3. The van der Waals surface area contributed by atoms with Gasteiger partial charge in [-0.3, -0.25) is 9.59 Å². The molecule has 0 aliphatic heterocycles. The number of carbonyl (C=O) groups excluding carboxylic acids is 3. The lowest BCUT2D eigenvalue weighted by atomic mass is 9.99. The Hall–Kier alpha value is -4.79. The topological polar surface area (TPSA) is 107 Å². The Balaban J connectivity index is 1.63. The minimum atomic E-state index is -0.518. The van der Waals surface area contributed by atoms with Crippen LogP contribution >= 0.6 is 0 Å². The fourth-order valence-corrected chi connectivity index (χ4v) is 6.28. The average molecular weight is 787 g/mol. The summed E-state index contributed by atoms with van der Waals surface area (Å²) in [5, 5.41) is 0. The molecule has 0 aliphatic carbocycles. The first-order chi connectivity index (χ1) is 28.0. The molecule has 0 saturated heterocycles. The van der Waals surface area contributed by atoms with Gasteiger partial charge in [-0.25, -0.2) is 4.79 Å². The summed E-state index contributed by atoms with van der Waals surface area (Å²) in [6.07, 6.45) is 16.2. The van der Waals surface area contributed by atoms with Crippen LogP contribution in [-0.4, -0.2) is 37.7 Å². The Morgan fingerprint density at radius 2 is 1.04 bits per heavy atom. The van der Waals surface area contributed by atoms with Crippen molar-refractivity contribution in [3.05, 3.63) is 102 Å². The van der Waals surface area contributed by atoms with E-state index in [0.29, 0.717) is 61.9 Å². The van der Waals surface area contributed by atoms with E-state index in [0.717, 1.165) is 113 Å². The smallest absolute Gasteiger partial charge is 0.343 e. The van der Waals surface area contributed by atoms with Crippen molar-refractivity contribution in [2.75, 3.05) is 19.8 Å². The maximum absolute atomic E-state index is 13.3. The van der Waals surface area contributed by atoms with Gasteiger partial charge in [-0.1, -0.05) is 139 Å². The summed E-state index contributed by atoms with van der Waals surface area (Å²) in [5.41, 5.74) is 3.08. The van der Waals surface area contributed by atoms with Crippen LogP contribution in [0.3, 0.4) is 0 Å². The third kappa shape index (κ3) is 19.3. The van der Waals surface area contributed by atoms with Crippen LogP contribution in [0.25, 0.3) is 0 Å². The average Bonchev–Trinajstić information content (AvgIpc) is 3.23. The summed E-state index contributed by atoms with van der Waals surface area (Å²) in [5.74, 6) is 0.601. The van der Waals surface area contributed by atoms with Gasteiger partial charge in [-0.05, 0) is 62.1 Å². The highest BCUT2D eigenvalue weighted by Crippen LogP contribution is 2.44. The number of hydrogen-bond acceptors (Lipinski definition) is 9. The van der Waals surface area contributed by atoms with Crippen LogP contribution in [0, 0.1) is 0 Å². The number of esters is 3. The molecule has 0 atom stereocenters. The molecule has 0 unspecified atom stereocenters. The van der Waals surface area contributed by atoms with Crippen molar-refractivity contribution in [3.8, 4) is 17.2 Å². The second kappa shape index (κ2) is 29.5. The van der Waals surface area contributed by atoms with Crippen molar-refractivity contribution >= 4 is 17.9 Å². The lowest BCUT2D eigenvalue weighted by Gasteiger charge is -2.22. The number of rotatable bonds is 32. The zero-order valence-corrected chi connectivity index (χ0v) is 34.6. The molecule has 0 spiro atoms. The number of hydrogen-bond donors (Lipinski definition) is 0. The minimum Gasteiger partial charge on any atom is -0.490 e.